The van der Waals surface area contributed by atoms with E-state index in [4.69, 9.17) is 28.3 Å². The molecule has 0 saturated carbocycles. The van der Waals surface area contributed by atoms with Gasteiger partial charge < -0.3 is 15.3 Å². The zero-order valence-corrected chi connectivity index (χ0v) is 18.2. The smallest absolute Gasteiger partial charge is 0.305 e. The molecule has 0 fully saturated rings. The summed E-state index contributed by atoms with van der Waals surface area (Å²) < 4.78 is 0. The molecule has 3 aromatic rings. The van der Waals surface area contributed by atoms with Crippen LogP contribution in [-0.4, -0.2) is 33.5 Å². The molecule has 31 heavy (non-hydrogen) atoms. The molecule has 0 aliphatic carbocycles. The summed E-state index contributed by atoms with van der Waals surface area (Å²) in [5, 5.41) is 12.3. The molecule has 2 aromatic heterocycles. The number of aryl methyl sites for hydroxylation is 1. The van der Waals surface area contributed by atoms with Gasteiger partial charge in [0.15, 0.2) is 0 Å². The highest BCUT2D eigenvalue weighted by Crippen LogP contribution is 2.30. The summed E-state index contributed by atoms with van der Waals surface area (Å²) in [4.78, 5) is 34.0. The molecule has 0 saturated heterocycles. The van der Waals surface area contributed by atoms with Crippen LogP contribution in [0, 0.1) is 0 Å². The third-order valence-corrected chi connectivity index (χ3v) is 5.09. The Bertz CT molecular complexity index is 1070. The van der Waals surface area contributed by atoms with E-state index in [0.29, 0.717) is 11.4 Å². The average molecular weight is 459 g/mol. The first-order chi connectivity index (χ1) is 14.9. The van der Waals surface area contributed by atoms with Gasteiger partial charge in [0, 0.05) is 35.9 Å². The number of amides is 1. The summed E-state index contributed by atoms with van der Waals surface area (Å²) in [6.07, 6.45) is 3.49. The number of rotatable bonds is 8. The molecule has 9 heteroatoms. The number of aliphatic carboxylic acids is 1. The Morgan fingerprint density at radius 2 is 1.74 bits per heavy atom. The van der Waals surface area contributed by atoms with E-state index in [1.807, 2.05) is 30.0 Å². The lowest BCUT2D eigenvalue weighted by atomic mass is 10.1. The highest BCUT2D eigenvalue weighted by Gasteiger charge is 2.16. The first kappa shape index (κ1) is 22.5. The minimum absolute atomic E-state index is 0.0562. The van der Waals surface area contributed by atoms with Crippen LogP contribution >= 0.6 is 23.2 Å². The Morgan fingerprint density at radius 3 is 2.35 bits per heavy atom. The minimum Gasteiger partial charge on any atom is -0.481 e. The van der Waals surface area contributed by atoms with Crippen molar-refractivity contribution >= 4 is 52.3 Å². The van der Waals surface area contributed by atoms with Gasteiger partial charge in [-0.1, -0.05) is 36.2 Å². The fourth-order valence-electron chi connectivity index (χ4n) is 2.91. The van der Waals surface area contributed by atoms with Crippen LogP contribution in [0.3, 0.4) is 0 Å². The number of carbonyl (C=O) groups is 2. The number of aromatic nitrogens is 2. The largest absolute Gasteiger partial charge is 0.481 e. The Labute approximate surface area is 189 Å². The van der Waals surface area contributed by atoms with Crippen LogP contribution in [-0.2, 0) is 11.2 Å². The molecule has 0 aliphatic heterocycles. The van der Waals surface area contributed by atoms with Crippen molar-refractivity contribution in [1.82, 2.24) is 9.97 Å². The molecule has 0 bridgehead atoms. The molecule has 7 nitrogen and oxygen atoms in total. The van der Waals surface area contributed by atoms with E-state index in [1.165, 1.54) is 12.4 Å². The maximum absolute atomic E-state index is 12.6. The van der Waals surface area contributed by atoms with Crippen molar-refractivity contribution in [3.05, 3.63) is 76.2 Å². The van der Waals surface area contributed by atoms with Crippen LogP contribution in [0.25, 0.3) is 0 Å². The summed E-state index contributed by atoms with van der Waals surface area (Å²) >= 11 is 12.1. The van der Waals surface area contributed by atoms with Gasteiger partial charge in [-0.15, -0.1) is 0 Å². The van der Waals surface area contributed by atoms with Crippen LogP contribution in [0.4, 0.5) is 17.2 Å². The lowest BCUT2D eigenvalue weighted by Crippen LogP contribution is -2.22. The molecule has 0 spiro atoms. The summed E-state index contributed by atoms with van der Waals surface area (Å²) in [5.41, 5.74) is 2.30. The van der Waals surface area contributed by atoms with E-state index >= 15 is 0 Å². The van der Waals surface area contributed by atoms with E-state index in [0.717, 1.165) is 17.8 Å². The second-order valence-corrected chi connectivity index (χ2v) is 7.43. The number of halogens is 2. The minimum atomic E-state index is -0.904. The number of carboxylic acids is 1. The van der Waals surface area contributed by atoms with E-state index in [2.05, 4.69) is 15.3 Å². The van der Waals surface area contributed by atoms with E-state index in [9.17, 15) is 9.59 Å². The Balaban J connectivity index is 1.85. The topological polar surface area (TPSA) is 95.4 Å². The van der Waals surface area contributed by atoms with Gasteiger partial charge in [0.1, 0.15) is 5.82 Å². The molecule has 0 unspecified atom stereocenters. The summed E-state index contributed by atoms with van der Waals surface area (Å²) in [6, 6.07) is 12.4. The van der Waals surface area contributed by atoms with Gasteiger partial charge in [0.25, 0.3) is 5.91 Å². The normalized spacial score (nSPS) is 10.5. The summed E-state index contributed by atoms with van der Waals surface area (Å²) in [7, 11) is 0. The fraction of sp³-hybridized carbons (Fsp3) is 0.182. The standard InChI is InChI=1S/C22H20Cl2N4O3/c1-2-15-4-3-5-19(26-15)28(11-10-20(29)30)16-8-6-14(7-9-16)22(31)27-21-17(23)12-25-13-18(21)24/h3-9,12-13H,2,10-11H2,1H3,(H,29,30)(H,25,27,31). The zero-order valence-electron chi connectivity index (χ0n) is 16.7. The zero-order chi connectivity index (χ0) is 22.4. The van der Waals surface area contributed by atoms with Crippen molar-refractivity contribution < 1.29 is 14.7 Å². The number of benzene rings is 1. The van der Waals surface area contributed by atoms with Crippen molar-refractivity contribution in [1.29, 1.82) is 0 Å². The fourth-order valence-corrected chi connectivity index (χ4v) is 3.37. The molecule has 2 heterocycles. The number of carbonyl (C=O) groups excluding carboxylic acids is 1. The van der Waals surface area contributed by atoms with Gasteiger partial charge in [-0.05, 0) is 42.8 Å². The maximum Gasteiger partial charge on any atom is 0.305 e. The van der Waals surface area contributed by atoms with Crippen LogP contribution in [0.1, 0.15) is 29.4 Å². The van der Waals surface area contributed by atoms with Crippen LogP contribution in [0.2, 0.25) is 10.0 Å². The first-order valence-corrected chi connectivity index (χ1v) is 10.3. The molecule has 0 atom stereocenters. The molecular formula is C22H20Cl2N4O3. The molecule has 1 aromatic carbocycles. The second kappa shape index (κ2) is 10.2. The number of hydrogen-bond acceptors (Lipinski definition) is 5. The quantitative estimate of drug-likeness (QED) is 0.480. The number of nitrogens with one attached hydrogen (secondary N) is 1. The van der Waals surface area contributed by atoms with Gasteiger partial charge in [0.05, 0.1) is 22.2 Å². The Hall–Kier alpha value is -3.16. The highest BCUT2D eigenvalue weighted by atomic mass is 35.5. The highest BCUT2D eigenvalue weighted by molar-refractivity contribution is 6.39. The lowest BCUT2D eigenvalue weighted by molar-refractivity contribution is -0.136. The molecule has 160 valence electrons. The summed E-state index contributed by atoms with van der Waals surface area (Å²) in [5.74, 6) is -0.642. The van der Waals surface area contributed by atoms with Crippen molar-refractivity contribution in [3.63, 3.8) is 0 Å². The van der Waals surface area contributed by atoms with E-state index in [-0.39, 0.29) is 34.6 Å². The average Bonchev–Trinajstić information content (AvgIpc) is 2.77. The Morgan fingerprint density at radius 1 is 1.06 bits per heavy atom. The first-order valence-electron chi connectivity index (χ1n) is 9.54. The van der Waals surface area contributed by atoms with Crippen molar-refractivity contribution in [2.45, 2.75) is 19.8 Å². The van der Waals surface area contributed by atoms with Crippen LogP contribution in [0.5, 0.6) is 0 Å². The number of anilines is 3. The van der Waals surface area contributed by atoms with Gasteiger partial charge in [0.2, 0.25) is 0 Å². The molecule has 0 aliphatic rings. The molecule has 3 rings (SSSR count). The second-order valence-electron chi connectivity index (χ2n) is 6.62. The third-order valence-electron chi connectivity index (χ3n) is 4.51. The molecule has 0 radical (unpaired) electrons. The van der Waals surface area contributed by atoms with E-state index in [1.54, 1.807) is 24.3 Å². The third kappa shape index (κ3) is 5.71. The maximum atomic E-state index is 12.6. The van der Waals surface area contributed by atoms with Crippen LogP contribution in [0.15, 0.2) is 54.9 Å². The van der Waals surface area contributed by atoms with Gasteiger partial charge in [-0.3, -0.25) is 14.6 Å². The number of nitrogens with zero attached hydrogens (tertiary/aromatic N) is 3. The molecule has 1 amide bonds. The van der Waals surface area contributed by atoms with E-state index < -0.39 is 5.97 Å². The van der Waals surface area contributed by atoms with Crippen molar-refractivity contribution in [2.24, 2.45) is 0 Å². The molecule has 2 N–H and O–H groups in total. The lowest BCUT2D eigenvalue weighted by Gasteiger charge is -2.24. The number of pyridine rings is 2. The predicted molar refractivity (Wildman–Crippen MR) is 122 cm³/mol. The van der Waals surface area contributed by atoms with Gasteiger partial charge in [-0.25, -0.2) is 4.98 Å². The summed E-state index contributed by atoms with van der Waals surface area (Å²) in [6.45, 7) is 2.24. The SMILES string of the molecule is CCc1cccc(N(CCC(=O)O)c2ccc(C(=O)Nc3c(Cl)cncc3Cl)cc2)n1. The van der Waals surface area contributed by atoms with Crippen molar-refractivity contribution in [3.8, 4) is 0 Å². The predicted octanol–water partition coefficient (Wildman–Crippen LogP) is 5.21. The van der Waals surface area contributed by atoms with Crippen LogP contribution < -0.4 is 10.2 Å². The number of carboxylic acid groups (broad SMARTS) is 1. The number of hydrogen-bond donors (Lipinski definition) is 2. The molecular weight excluding hydrogens is 439 g/mol. The monoisotopic (exact) mass is 458 g/mol. The van der Waals surface area contributed by atoms with Gasteiger partial charge in [-0.2, -0.15) is 0 Å². The van der Waals surface area contributed by atoms with Gasteiger partial charge >= 0.3 is 5.97 Å². The Kier molecular flexibility index (Phi) is 7.44. The van der Waals surface area contributed by atoms with Crippen molar-refractivity contribution in [2.75, 3.05) is 16.8 Å².